The van der Waals surface area contributed by atoms with E-state index >= 15 is 9.18 Å². The van der Waals surface area contributed by atoms with Crippen LogP contribution >= 0.6 is 11.6 Å². The molecule has 56 heavy (non-hydrogen) atoms. The zero-order valence-electron chi connectivity index (χ0n) is 33.2. The number of carboxylic acid groups (broad SMARTS) is 1. The van der Waals surface area contributed by atoms with Crippen LogP contribution in [0.2, 0.25) is 21.9 Å². The lowest BCUT2D eigenvalue weighted by molar-refractivity contribution is 0.0511. The van der Waals surface area contributed by atoms with Gasteiger partial charge in [0.2, 0.25) is 11.1 Å². The Morgan fingerprint density at radius 3 is 2.34 bits per heavy atom. The summed E-state index contributed by atoms with van der Waals surface area (Å²) in [5, 5.41) is 11.0. The van der Waals surface area contributed by atoms with Crippen molar-refractivity contribution in [1.82, 2.24) is 24.4 Å². The third kappa shape index (κ3) is 6.70. The minimum atomic E-state index is -2.30. The topological polar surface area (TPSA) is 132 Å². The van der Waals surface area contributed by atoms with Gasteiger partial charge in [0.05, 0.1) is 23.8 Å². The van der Waals surface area contributed by atoms with Crippen LogP contribution in [0.25, 0.3) is 21.9 Å². The number of methoxy groups -OCH3 is 2. The smallest absolute Gasteiger partial charge is 0.408 e. The van der Waals surface area contributed by atoms with Gasteiger partial charge < -0.3 is 28.8 Å². The number of benzene rings is 2. The number of piperazine rings is 1. The number of anilines is 1. The van der Waals surface area contributed by atoms with Gasteiger partial charge in [-0.25, -0.2) is 14.2 Å². The molecule has 1 saturated carbocycles. The zero-order valence-corrected chi connectivity index (χ0v) is 35.0. The Balaban J connectivity index is 1.44. The molecule has 1 N–H and O–H groups in total. The van der Waals surface area contributed by atoms with Crippen molar-refractivity contribution in [3.05, 3.63) is 52.3 Å². The van der Waals surface area contributed by atoms with E-state index in [2.05, 4.69) is 58.0 Å². The molecule has 2 aromatic carbocycles. The van der Waals surface area contributed by atoms with Crippen LogP contribution < -0.4 is 9.64 Å². The maximum absolute atomic E-state index is 16.2. The number of ether oxygens (including phenoxy) is 3. The molecule has 4 heterocycles. The molecule has 0 spiro atoms. The van der Waals surface area contributed by atoms with Crippen LogP contribution in [0, 0.1) is 17.3 Å². The lowest BCUT2D eigenvalue weighted by Crippen LogP contribution is -2.57. The van der Waals surface area contributed by atoms with Crippen molar-refractivity contribution in [1.29, 1.82) is 0 Å². The van der Waals surface area contributed by atoms with Crippen molar-refractivity contribution in [3.8, 4) is 17.2 Å². The summed E-state index contributed by atoms with van der Waals surface area (Å²) in [5.41, 5.74) is 5.75. The van der Waals surface area contributed by atoms with Gasteiger partial charge in [0.25, 0.3) is 0 Å². The van der Waals surface area contributed by atoms with Gasteiger partial charge in [0, 0.05) is 44.3 Å². The Hall–Kier alpha value is -4.29. The van der Waals surface area contributed by atoms with E-state index in [4.69, 9.17) is 35.8 Å². The first-order chi connectivity index (χ1) is 26.7. The Morgan fingerprint density at radius 2 is 1.73 bits per heavy atom. The number of halogens is 2. The van der Waals surface area contributed by atoms with Crippen molar-refractivity contribution in [2.24, 2.45) is 0 Å². The second-order valence-electron chi connectivity index (χ2n) is 16.2. The van der Waals surface area contributed by atoms with Crippen LogP contribution in [0.5, 0.6) is 5.75 Å². The number of ketones is 1. The first-order valence-electron chi connectivity index (χ1n) is 19.4. The van der Waals surface area contributed by atoms with Gasteiger partial charge in [0.1, 0.15) is 25.2 Å². The van der Waals surface area contributed by atoms with Crippen LogP contribution in [-0.2, 0) is 9.47 Å². The molecule has 2 aliphatic heterocycles. The number of imidazole rings is 1. The van der Waals surface area contributed by atoms with Gasteiger partial charge in [-0.05, 0) is 77.5 Å². The average molecular weight is 805 g/mol. The number of fused-ring (bicyclic) bond motifs is 4. The molecule has 2 aromatic heterocycles. The highest BCUT2D eigenvalue weighted by Gasteiger charge is 2.50. The molecular formula is C41H50ClFN6O6Si. The molecule has 3 atom stereocenters. The van der Waals surface area contributed by atoms with E-state index in [0.29, 0.717) is 64.0 Å². The molecule has 4 aromatic rings. The largest absolute Gasteiger partial charge is 0.468 e. The predicted molar refractivity (Wildman–Crippen MR) is 216 cm³/mol. The van der Waals surface area contributed by atoms with Crippen molar-refractivity contribution in [3.63, 3.8) is 0 Å². The van der Waals surface area contributed by atoms with E-state index in [1.165, 1.54) is 18.1 Å². The van der Waals surface area contributed by atoms with Gasteiger partial charge >= 0.3 is 6.09 Å². The van der Waals surface area contributed by atoms with E-state index in [-0.39, 0.29) is 52.9 Å². The van der Waals surface area contributed by atoms with Crippen LogP contribution in [0.3, 0.4) is 0 Å². The van der Waals surface area contributed by atoms with E-state index < -0.39 is 31.8 Å². The second-order valence-corrected chi connectivity index (χ2v) is 22.1. The number of hydrogen-bond acceptors (Lipinski definition) is 9. The molecule has 15 heteroatoms. The van der Waals surface area contributed by atoms with Gasteiger partial charge in [-0.15, -0.1) is 5.54 Å². The second kappa shape index (κ2) is 15.6. The molecule has 3 fully saturated rings. The van der Waals surface area contributed by atoms with Gasteiger partial charge in [-0.2, -0.15) is 9.97 Å². The Bertz CT molecular complexity index is 2230. The van der Waals surface area contributed by atoms with Crippen molar-refractivity contribution in [2.75, 3.05) is 39.0 Å². The molecule has 7 rings (SSSR count). The predicted octanol–water partition coefficient (Wildman–Crippen LogP) is 8.24. The number of aromatic nitrogens is 4. The van der Waals surface area contributed by atoms with Gasteiger partial charge in [-0.1, -0.05) is 53.5 Å². The summed E-state index contributed by atoms with van der Waals surface area (Å²) in [6.45, 7) is 13.8. The summed E-state index contributed by atoms with van der Waals surface area (Å²) in [4.78, 5) is 45.2. The molecule has 3 aliphatic rings. The fourth-order valence-corrected chi connectivity index (χ4v) is 15.0. The quantitative estimate of drug-likeness (QED) is 0.0520. The average Bonchev–Trinajstić information content (AvgIpc) is 3.60. The highest BCUT2D eigenvalue weighted by atomic mass is 35.5. The van der Waals surface area contributed by atoms with Gasteiger partial charge in [-0.3, -0.25) is 9.69 Å². The first kappa shape index (κ1) is 39.9. The number of nitrogens with zero attached hydrogens (tertiary/aromatic N) is 6. The molecule has 298 valence electrons. The maximum Gasteiger partial charge on any atom is 0.408 e. The number of carbonyl (C=O) groups is 2. The lowest BCUT2D eigenvalue weighted by atomic mass is 9.91. The van der Waals surface area contributed by atoms with Crippen molar-refractivity contribution < 1.29 is 33.3 Å². The van der Waals surface area contributed by atoms with Crippen LogP contribution in [0.15, 0.2) is 24.3 Å². The molecule has 12 nitrogen and oxygen atoms in total. The molecule has 3 unspecified atom stereocenters. The molecule has 1 aliphatic carbocycles. The summed E-state index contributed by atoms with van der Waals surface area (Å²) in [6, 6.07) is 5.57. The number of amides is 1. The lowest BCUT2D eigenvalue weighted by Gasteiger charge is -2.40. The van der Waals surface area contributed by atoms with Crippen LogP contribution in [0.4, 0.5) is 15.0 Å². The Labute approximate surface area is 332 Å². The van der Waals surface area contributed by atoms with E-state index in [1.807, 2.05) is 9.47 Å². The standard InChI is InChI=1S/C41H50ClFN6O6Si/c1-22(2)56(23(3)4,24(5)6)15-14-29-31(43)13-12-25-16-28(55-21-53-7)18-30(34(25)29)36(50)39-44-37-35(49(39)26-10-9-11-26)38(46-40(42)45-37)47-19-27-17-33(54-8)32(20-47)48(27)41(51)52/h12-13,16,18,22-24,26-27,32-33H,9-11,17,19-21H2,1-8H3,(H,51,52). The summed E-state index contributed by atoms with van der Waals surface area (Å²) < 4.78 is 35.0. The summed E-state index contributed by atoms with van der Waals surface area (Å²) in [7, 11) is 0.808. The van der Waals surface area contributed by atoms with Crippen LogP contribution in [0.1, 0.15) is 95.0 Å². The fourth-order valence-electron chi connectivity index (χ4n) is 9.62. The third-order valence-corrected chi connectivity index (χ3v) is 18.8. The minimum absolute atomic E-state index is 0.0470. The SMILES string of the molecule is COCOc1cc(C(=O)c2nc3nc(Cl)nc(N4CC5CC(OC)C(C4)N5C(=O)O)c3n2C2CCC2)c2c(C#C[Si](C(C)C)(C(C)C)C(C)C)c(F)ccc2c1. The summed E-state index contributed by atoms with van der Waals surface area (Å²) in [6.07, 6.45) is 1.83. The maximum atomic E-state index is 16.2. The monoisotopic (exact) mass is 804 g/mol. The highest BCUT2D eigenvalue weighted by Crippen LogP contribution is 2.43. The first-order valence-corrected chi connectivity index (χ1v) is 22.0. The number of rotatable bonds is 11. The summed E-state index contributed by atoms with van der Waals surface area (Å²) in [5.74, 6) is 3.33. The zero-order chi connectivity index (χ0) is 40.2. The fraction of sp³-hybridized carbons (Fsp3) is 0.537. The highest BCUT2D eigenvalue weighted by molar-refractivity contribution is 6.90. The number of hydrogen-bond donors (Lipinski definition) is 1. The molecule has 2 saturated heterocycles. The molecule has 0 radical (unpaired) electrons. The Morgan fingerprint density at radius 1 is 1.02 bits per heavy atom. The van der Waals surface area contributed by atoms with Crippen molar-refractivity contribution in [2.45, 2.75) is 108 Å². The van der Waals surface area contributed by atoms with E-state index in [0.717, 1.165) is 19.3 Å². The Kier molecular flexibility index (Phi) is 11.1. The molecule has 1 amide bonds. The minimum Gasteiger partial charge on any atom is -0.468 e. The molecule has 2 bridgehead atoms. The van der Waals surface area contributed by atoms with Gasteiger partial charge in [0.15, 0.2) is 24.1 Å². The van der Waals surface area contributed by atoms with E-state index in [1.54, 1.807) is 25.3 Å². The number of carbonyl (C=O) groups excluding carboxylic acids is 1. The van der Waals surface area contributed by atoms with Crippen LogP contribution in [-0.4, -0.2) is 102 Å². The molecular weight excluding hydrogens is 755 g/mol. The third-order valence-electron chi connectivity index (χ3n) is 12.4. The normalized spacial score (nSPS) is 20.0. The van der Waals surface area contributed by atoms with E-state index in [9.17, 15) is 9.90 Å². The van der Waals surface area contributed by atoms with Crippen molar-refractivity contribution >= 4 is 59.3 Å². The summed E-state index contributed by atoms with van der Waals surface area (Å²) >= 11 is 6.58.